The predicted octanol–water partition coefficient (Wildman–Crippen LogP) is 3.52. The fraction of sp³-hybridized carbons (Fsp3) is 0.538. The first kappa shape index (κ1) is 29.6. The Morgan fingerprint density at radius 1 is 1.08 bits per heavy atom. The normalized spacial score (nSPS) is 20.1. The lowest BCUT2D eigenvalue weighted by molar-refractivity contribution is -0.137. The van der Waals surface area contributed by atoms with Gasteiger partial charge in [0.15, 0.2) is 0 Å². The second kappa shape index (κ2) is 11.8. The lowest BCUT2D eigenvalue weighted by atomic mass is 9.78. The Morgan fingerprint density at radius 2 is 1.71 bits per heavy atom. The van der Waals surface area contributed by atoms with Crippen LogP contribution in [0, 0.1) is 11.8 Å². The Hall–Kier alpha value is -2.98. The molecule has 0 fully saturated rings. The minimum absolute atomic E-state index is 0.0723. The van der Waals surface area contributed by atoms with Gasteiger partial charge in [-0.1, -0.05) is 63.7 Å². The number of hydrogen-bond donors (Lipinski definition) is 6. The predicted molar refractivity (Wildman–Crippen MR) is 146 cm³/mol. The minimum atomic E-state index is -1.49. The molecule has 3 rings (SSSR count). The van der Waals surface area contributed by atoms with E-state index < -0.39 is 41.4 Å². The van der Waals surface area contributed by atoms with Gasteiger partial charge in [-0.2, -0.15) is 0 Å². The molecule has 10 nitrogen and oxygen atoms in total. The molecule has 12 heteroatoms. The summed E-state index contributed by atoms with van der Waals surface area (Å²) in [5, 5.41) is 18.8. The highest BCUT2D eigenvalue weighted by Gasteiger charge is 2.46. The smallest absolute Gasteiger partial charge is 0.405 e. The van der Waals surface area contributed by atoms with Crippen LogP contribution in [-0.2, 0) is 27.2 Å². The molecule has 0 saturated carbocycles. The highest BCUT2D eigenvalue weighted by Crippen LogP contribution is 2.38. The molecule has 2 aromatic rings. The van der Waals surface area contributed by atoms with Gasteiger partial charge in [0, 0.05) is 22.5 Å². The van der Waals surface area contributed by atoms with Crippen molar-refractivity contribution < 1.29 is 24.3 Å². The number of carbonyl (C=O) groups excluding carboxylic acids is 3. The van der Waals surface area contributed by atoms with Crippen molar-refractivity contribution in [3.8, 4) is 0 Å². The zero-order valence-electron chi connectivity index (χ0n) is 21.9. The molecule has 1 heterocycles. The zero-order valence-corrected chi connectivity index (χ0v) is 23.4. The summed E-state index contributed by atoms with van der Waals surface area (Å²) in [5.41, 5.74) is 6.42. The van der Waals surface area contributed by atoms with Crippen molar-refractivity contribution in [3.05, 3.63) is 33.4 Å². The number of amides is 4. The Labute approximate surface area is 231 Å². The summed E-state index contributed by atoms with van der Waals surface area (Å²) in [6.07, 6.45) is 0.428. The standard InChI is InChI=1S/C26H35Cl2N5O5/c1-5-12(3)19(22(29)34)31-24(36)26(33-23(35)20(13(4)6-2)32-25(37)38)8-7-18-16(11-26)15-9-14(27)10-17(28)21(15)30-18/h9-10,12-13,19-20,30,32H,5-8,11H2,1-4H3,(H2,29,34)(H,31,36)(H,33,35)(H,37,38)/t12-,13-,19-,20-,26+/m0/s1. The number of nitrogens with one attached hydrogen (secondary N) is 4. The molecule has 0 unspecified atom stereocenters. The van der Waals surface area contributed by atoms with Crippen molar-refractivity contribution in [2.75, 3.05) is 0 Å². The molecule has 1 aliphatic rings. The first-order valence-corrected chi connectivity index (χ1v) is 13.5. The second-order valence-electron chi connectivity index (χ2n) is 10.2. The van der Waals surface area contributed by atoms with Crippen molar-refractivity contribution in [3.63, 3.8) is 0 Å². The first-order valence-electron chi connectivity index (χ1n) is 12.7. The second-order valence-corrected chi connectivity index (χ2v) is 11.0. The van der Waals surface area contributed by atoms with E-state index in [0.29, 0.717) is 34.8 Å². The summed E-state index contributed by atoms with van der Waals surface area (Å²) in [6, 6.07) is 1.33. The topological polar surface area (TPSA) is 166 Å². The van der Waals surface area contributed by atoms with Crippen LogP contribution in [-0.4, -0.2) is 51.5 Å². The Balaban J connectivity index is 2.08. The van der Waals surface area contributed by atoms with Gasteiger partial charge in [0.25, 0.3) is 0 Å². The minimum Gasteiger partial charge on any atom is -0.465 e. The fourth-order valence-corrected chi connectivity index (χ4v) is 5.53. The van der Waals surface area contributed by atoms with Gasteiger partial charge in [0.1, 0.15) is 17.6 Å². The number of carbonyl (C=O) groups is 4. The molecular formula is C26H35Cl2N5O5. The molecule has 208 valence electrons. The van der Waals surface area contributed by atoms with Gasteiger partial charge in [0.05, 0.1) is 10.5 Å². The van der Waals surface area contributed by atoms with Crippen LogP contribution in [0.2, 0.25) is 10.0 Å². The molecular weight excluding hydrogens is 533 g/mol. The van der Waals surface area contributed by atoms with Crippen molar-refractivity contribution >= 4 is 57.9 Å². The molecule has 5 atom stereocenters. The molecule has 0 spiro atoms. The highest BCUT2D eigenvalue weighted by molar-refractivity contribution is 6.38. The summed E-state index contributed by atoms with van der Waals surface area (Å²) in [4.78, 5) is 54.5. The number of aromatic nitrogens is 1. The number of hydrogen-bond acceptors (Lipinski definition) is 4. The van der Waals surface area contributed by atoms with Crippen LogP contribution in [0.15, 0.2) is 12.1 Å². The number of nitrogens with two attached hydrogens (primary N) is 1. The Bertz CT molecular complexity index is 1250. The van der Waals surface area contributed by atoms with E-state index in [4.69, 9.17) is 28.9 Å². The van der Waals surface area contributed by atoms with Crippen LogP contribution in [0.1, 0.15) is 58.2 Å². The number of primary amides is 1. The van der Waals surface area contributed by atoms with E-state index in [9.17, 15) is 24.3 Å². The summed E-state index contributed by atoms with van der Waals surface area (Å²) >= 11 is 12.7. The number of aryl methyl sites for hydroxylation is 1. The number of carboxylic acid groups (broad SMARTS) is 1. The van der Waals surface area contributed by atoms with Crippen molar-refractivity contribution in [1.82, 2.24) is 20.9 Å². The van der Waals surface area contributed by atoms with Gasteiger partial charge < -0.3 is 31.8 Å². The summed E-state index contributed by atoms with van der Waals surface area (Å²) in [7, 11) is 0. The van der Waals surface area contributed by atoms with E-state index in [2.05, 4.69) is 20.9 Å². The molecule has 0 bridgehead atoms. The molecule has 0 aliphatic heterocycles. The quantitative estimate of drug-likeness (QED) is 0.258. The largest absolute Gasteiger partial charge is 0.465 e. The summed E-state index contributed by atoms with van der Waals surface area (Å²) in [5.74, 6) is -2.46. The van der Waals surface area contributed by atoms with E-state index in [1.807, 2.05) is 13.8 Å². The van der Waals surface area contributed by atoms with E-state index in [-0.39, 0.29) is 24.7 Å². The molecule has 1 aliphatic carbocycles. The van der Waals surface area contributed by atoms with Crippen LogP contribution in [0.5, 0.6) is 0 Å². The summed E-state index contributed by atoms with van der Waals surface area (Å²) < 4.78 is 0. The van der Waals surface area contributed by atoms with E-state index in [0.717, 1.165) is 16.6 Å². The number of benzene rings is 1. The van der Waals surface area contributed by atoms with E-state index in [1.165, 1.54) is 0 Å². The molecule has 1 aromatic heterocycles. The van der Waals surface area contributed by atoms with Gasteiger partial charge in [-0.3, -0.25) is 14.4 Å². The van der Waals surface area contributed by atoms with E-state index >= 15 is 0 Å². The first-order chi connectivity index (χ1) is 17.8. The molecule has 0 saturated heterocycles. The molecule has 38 heavy (non-hydrogen) atoms. The highest BCUT2D eigenvalue weighted by atomic mass is 35.5. The number of aromatic amines is 1. The average Bonchev–Trinajstić information content (AvgIpc) is 3.22. The third-order valence-electron chi connectivity index (χ3n) is 7.68. The van der Waals surface area contributed by atoms with Crippen LogP contribution in [0.25, 0.3) is 10.9 Å². The summed E-state index contributed by atoms with van der Waals surface area (Å²) in [6.45, 7) is 7.28. The van der Waals surface area contributed by atoms with Crippen LogP contribution in [0.4, 0.5) is 4.79 Å². The van der Waals surface area contributed by atoms with Crippen LogP contribution in [0.3, 0.4) is 0 Å². The van der Waals surface area contributed by atoms with Crippen LogP contribution < -0.4 is 21.7 Å². The van der Waals surface area contributed by atoms with Gasteiger partial charge >= 0.3 is 6.09 Å². The molecule has 0 radical (unpaired) electrons. The Kier molecular flexibility index (Phi) is 9.20. The van der Waals surface area contributed by atoms with Crippen molar-refractivity contribution in [1.29, 1.82) is 0 Å². The van der Waals surface area contributed by atoms with Gasteiger partial charge in [0.2, 0.25) is 17.7 Å². The van der Waals surface area contributed by atoms with Gasteiger partial charge in [-0.05, 0) is 42.4 Å². The molecule has 4 amide bonds. The van der Waals surface area contributed by atoms with Crippen molar-refractivity contribution in [2.24, 2.45) is 17.6 Å². The number of halogens is 2. The lowest BCUT2D eigenvalue weighted by Gasteiger charge is -2.39. The van der Waals surface area contributed by atoms with Gasteiger partial charge in [-0.15, -0.1) is 0 Å². The maximum absolute atomic E-state index is 13.9. The average molecular weight is 569 g/mol. The maximum Gasteiger partial charge on any atom is 0.405 e. The number of rotatable bonds is 10. The third kappa shape index (κ3) is 6.02. The van der Waals surface area contributed by atoms with E-state index in [1.54, 1.807) is 26.0 Å². The monoisotopic (exact) mass is 567 g/mol. The zero-order chi connectivity index (χ0) is 28.4. The number of fused-ring (bicyclic) bond motifs is 3. The van der Waals surface area contributed by atoms with Gasteiger partial charge in [-0.25, -0.2) is 4.79 Å². The third-order valence-corrected chi connectivity index (χ3v) is 8.19. The lowest BCUT2D eigenvalue weighted by Crippen LogP contribution is -2.67. The SMILES string of the molecule is CC[C@H](C)[C@H](NC(=O)[C@@]1(NC(=O)[C@@H](NC(=O)O)[C@@H](C)CC)CCc2[nH]c3c(Cl)cc(Cl)cc3c2C1)C(N)=O. The maximum atomic E-state index is 13.9. The Morgan fingerprint density at radius 3 is 2.29 bits per heavy atom. The fourth-order valence-electron chi connectivity index (χ4n) is 4.99. The molecule has 1 aromatic carbocycles. The number of H-pyrrole nitrogens is 1. The van der Waals surface area contributed by atoms with Crippen LogP contribution >= 0.6 is 23.2 Å². The van der Waals surface area contributed by atoms with Crippen molar-refractivity contribution in [2.45, 2.75) is 77.4 Å². The molecule has 7 N–H and O–H groups in total.